The molecule has 1 amide bonds. The number of aliphatic carboxylic acids is 1. The summed E-state index contributed by atoms with van der Waals surface area (Å²) in [5, 5.41) is 11.5. The summed E-state index contributed by atoms with van der Waals surface area (Å²) in [5.41, 5.74) is 0.0636. The van der Waals surface area contributed by atoms with E-state index in [0.717, 1.165) is 18.2 Å². The van der Waals surface area contributed by atoms with E-state index in [-0.39, 0.29) is 6.42 Å². The van der Waals surface area contributed by atoms with Crippen LogP contribution in [-0.2, 0) is 22.2 Å². The number of hydrogen-bond donors (Lipinski definition) is 2. The van der Waals surface area contributed by atoms with E-state index in [9.17, 15) is 32.3 Å². The molecule has 0 radical (unpaired) electrons. The third-order valence-corrected chi connectivity index (χ3v) is 3.63. The fourth-order valence-electron chi connectivity index (χ4n) is 2.23. The summed E-state index contributed by atoms with van der Waals surface area (Å²) in [5.74, 6) is -2.45. The predicted molar refractivity (Wildman–Crippen MR) is 90.1 cm³/mol. The van der Waals surface area contributed by atoms with Gasteiger partial charge in [0.1, 0.15) is 11.9 Å². The number of carboxylic acid groups (broad SMARTS) is 1. The summed E-state index contributed by atoms with van der Waals surface area (Å²) in [4.78, 5) is 23.2. The maximum Gasteiger partial charge on any atom is 0.416 e. The molecular weight excluding hydrogens is 366 g/mol. The zero-order chi connectivity index (χ0) is 20.0. The van der Waals surface area contributed by atoms with Gasteiger partial charge in [0.25, 0.3) is 0 Å². The van der Waals surface area contributed by atoms with Crippen LogP contribution in [0, 0.1) is 5.82 Å². The predicted octanol–water partition coefficient (Wildman–Crippen LogP) is 3.67. The first-order valence-corrected chi connectivity index (χ1v) is 7.78. The highest BCUT2D eigenvalue weighted by molar-refractivity contribution is 5.94. The van der Waals surface area contributed by atoms with E-state index in [1.807, 2.05) is 0 Å². The van der Waals surface area contributed by atoms with Gasteiger partial charge in [-0.2, -0.15) is 13.2 Å². The Morgan fingerprint density at radius 3 is 2.15 bits per heavy atom. The number of alkyl halides is 3. The second-order valence-electron chi connectivity index (χ2n) is 5.68. The minimum absolute atomic E-state index is 0.0462. The van der Waals surface area contributed by atoms with Gasteiger partial charge in [-0.1, -0.05) is 24.3 Å². The van der Waals surface area contributed by atoms with Crippen LogP contribution in [0.5, 0.6) is 0 Å². The normalized spacial score (nSPS) is 12.7. The van der Waals surface area contributed by atoms with Crippen LogP contribution in [0.25, 0.3) is 6.08 Å². The van der Waals surface area contributed by atoms with Crippen molar-refractivity contribution in [2.24, 2.45) is 0 Å². The van der Waals surface area contributed by atoms with E-state index < -0.39 is 35.5 Å². The van der Waals surface area contributed by atoms with Crippen molar-refractivity contribution in [1.29, 1.82) is 0 Å². The van der Waals surface area contributed by atoms with Gasteiger partial charge in [-0.25, -0.2) is 9.18 Å². The molecule has 2 aromatic rings. The van der Waals surface area contributed by atoms with Crippen LogP contribution < -0.4 is 5.32 Å². The number of carboxylic acids is 1. The van der Waals surface area contributed by atoms with Crippen molar-refractivity contribution in [1.82, 2.24) is 5.32 Å². The summed E-state index contributed by atoms with van der Waals surface area (Å²) in [6.07, 6.45) is -2.19. The molecule has 0 aliphatic heterocycles. The van der Waals surface area contributed by atoms with Gasteiger partial charge >= 0.3 is 12.1 Å². The van der Waals surface area contributed by atoms with Crippen LogP contribution in [0.4, 0.5) is 17.6 Å². The van der Waals surface area contributed by atoms with Crippen molar-refractivity contribution < 1.29 is 32.3 Å². The van der Waals surface area contributed by atoms with Gasteiger partial charge in [-0.3, -0.25) is 4.79 Å². The van der Waals surface area contributed by atoms with Crippen molar-refractivity contribution >= 4 is 18.0 Å². The van der Waals surface area contributed by atoms with Crippen LogP contribution in [0.3, 0.4) is 0 Å². The lowest BCUT2D eigenvalue weighted by atomic mass is 10.1. The van der Waals surface area contributed by atoms with Crippen molar-refractivity contribution in [3.05, 3.63) is 77.1 Å². The van der Waals surface area contributed by atoms with Crippen LogP contribution in [0.15, 0.2) is 54.6 Å². The summed E-state index contributed by atoms with van der Waals surface area (Å²) in [6.45, 7) is 0. The molecule has 1 atom stereocenters. The third-order valence-electron chi connectivity index (χ3n) is 3.63. The maximum atomic E-state index is 12.9. The Bertz CT molecular complexity index is 828. The van der Waals surface area contributed by atoms with Crippen molar-refractivity contribution in [3.63, 3.8) is 0 Å². The average Bonchev–Trinajstić information content (AvgIpc) is 2.60. The molecule has 0 aliphatic rings. The Labute approximate surface area is 152 Å². The molecule has 4 nitrogen and oxygen atoms in total. The van der Waals surface area contributed by atoms with Gasteiger partial charge in [0.05, 0.1) is 5.56 Å². The molecule has 0 aliphatic carbocycles. The SMILES string of the molecule is O=C(/C=C/c1ccc(C(F)(F)F)cc1)N[C@H](Cc1ccc(F)cc1)C(=O)O. The Morgan fingerprint density at radius 1 is 1.04 bits per heavy atom. The van der Waals surface area contributed by atoms with E-state index in [1.165, 1.54) is 42.5 Å². The quantitative estimate of drug-likeness (QED) is 0.593. The molecule has 0 saturated heterocycles. The summed E-state index contributed by atoms with van der Waals surface area (Å²) in [7, 11) is 0. The minimum Gasteiger partial charge on any atom is -0.480 e. The molecule has 27 heavy (non-hydrogen) atoms. The van der Waals surface area contributed by atoms with E-state index in [4.69, 9.17) is 0 Å². The van der Waals surface area contributed by atoms with Gasteiger partial charge in [-0.05, 0) is 41.5 Å². The zero-order valence-electron chi connectivity index (χ0n) is 13.8. The number of amides is 1. The molecule has 0 saturated carbocycles. The highest BCUT2D eigenvalue weighted by atomic mass is 19.4. The largest absolute Gasteiger partial charge is 0.480 e. The molecule has 0 fully saturated rings. The second-order valence-corrected chi connectivity index (χ2v) is 5.68. The Kier molecular flexibility index (Phi) is 6.33. The smallest absolute Gasteiger partial charge is 0.416 e. The number of carbonyl (C=O) groups is 2. The monoisotopic (exact) mass is 381 g/mol. The molecule has 2 rings (SSSR count). The van der Waals surface area contributed by atoms with E-state index in [1.54, 1.807) is 0 Å². The lowest BCUT2D eigenvalue weighted by molar-refractivity contribution is -0.141. The second kappa shape index (κ2) is 8.48. The van der Waals surface area contributed by atoms with Gasteiger partial charge in [0.2, 0.25) is 5.91 Å². The Morgan fingerprint density at radius 2 is 1.63 bits per heavy atom. The summed E-state index contributed by atoms with van der Waals surface area (Å²) >= 11 is 0. The lowest BCUT2D eigenvalue weighted by Gasteiger charge is -2.13. The molecule has 142 valence electrons. The fraction of sp³-hybridized carbons (Fsp3) is 0.158. The molecule has 2 N–H and O–H groups in total. The first kappa shape index (κ1) is 20.2. The zero-order valence-corrected chi connectivity index (χ0v) is 13.8. The third kappa shape index (κ3) is 6.25. The number of nitrogens with one attached hydrogen (secondary N) is 1. The fourth-order valence-corrected chi connectivity index (χ4v) is 2.23. The topological polar surface area (TPSA) is 66.4 Å². The average molecular weight is 381 g/mol. The summed E-state index contributed by atoms with van der Waals surface area (Å²) in [6, 6.07) is 8.10. The Hall–Kier alpha value is -3.16. The number of rotatable bonds is 6. The van der Waals surface area contributed by atoms with Gasteiger partial charge in [-0.15, -0.1) is 0 Å². The minimum atomic E-state index is -4.45. The maximum absolute atomic E-state index is 12.9. The molecule has 0 unspecified atom stereocenters. The number of hydrogen-bond acceptors (Lipinski definition) is 2. The van der Waals surface area contributed by atoms with Crippen molar-refractivity contribution in [2.75, 3.05) is 0 Å². The summed E-state index contributed by atoms with van der Waals surface area (Å²) < 4.78 is 50.4. The highest BCUT2D eigenvalue weighted by Crippen LogP contribution is 2.29. The molecule has 0 bridgehead atoms. The molecule has 0 aromatic heterocycles. The van der Waals surface area contributed by atoms with Crippen molar-refractivity contribution in [2.45, 2.75) is 18.6 Å². The standard InChI is InChI=1S/C19H15F4NO3/c20-15-8-3-13(4-9-15)11-16(18(26)27)24-17(25)10-5-12-1-6-14(7-2-12)19(21,22)23/h1-10,16H,11H2,(H,24,25)(H,26,27)/b10-5+/t16-/m1/s1. The van der Waals surface area contributed by atoms with Crippen LogP contribution in [0.1, 0.15) is 16.7 Å². The van der Waals surface area contributed by atoms with E-state index in [0.29, 0.717) is 11.1 Å². The molecule has 2 aromatic carbocycles. The van der Waals surface area contributed by atoms with Crippen LogP contribution in [0.2, 0.25) is 0 Å². The molecule has 8 heteroatoms. The molecule has 0 spiro atoms. The number of halogens is 4. The number of carbonyl (C=O) groups excluding carboxylic acids is 1. The van der Waals surface area contributed by atoms with Crippen LogP contribution >= 0.6 is 0 Å². The van der Waals surface area contributed by atoms with Crippen molar-refractivity contribution in [3.8, 4) is 0 Å². The van der Waals surface area contributed by atoms with Crippen LogP contribution in [-0.4, -0.2) is 23.0 Å². The lowest BCUT2D eigenvalue weighted by Crippen LogP contribution is -2.41. The first-order valence-electron chi connectivity index (χ1n) is 7.78. The van der Waals surface area contributed by atoms with E-state index >= 15 is 0 Å². The highest BCUT2D eigenvalue weighted by Gasteiger charge is 2.29. The number of benzene rings is 2. The van der Waals surface area contributed by atoms with Gasteiger partial charge < -0.3 is 10.4 Å². The molecule has 0 heterocycles. The first-order chi connectivity index (χ1) is 12.6. The molecular formula is C19H15F4NO3. The Balaban J connectivity index is 1.99. The van der Waals surface area contributed by atoms with E-state index in [2.05, 4.69) is 5.32 Å². The van der Waals surface area contributed by atoms with Gasteiger partial charge in [0.15, 0.2) is 0 Å². The van der Waals surface area contributed by atoms with Gasteiger partial charge in [0, 0.05) is 12.5 Å².